The second-order valence-electron chi connectivity index (χ2n) is 7.68. The van der Waals surface area contributed by atoms with Crippen molar-refractivity contribution in [2.45, 2.75) is 47.5 Å². The largest absolute Gasteiger partial charge is 0.378 e. The normalized spacial score (nSPS) is 17.6. The van der Waals surface area contributed by atoms with Gasteiger partial charge in [0.2, 0.25) is 0 Å². The number of halogens is 1. The molecular weight excluding hydrogens is 404 g/mol. The van der Waals surface area contributed by atoms with Gasteiger partial charge in [-0.25, -0.2) is 9.99 Å². The number of aromatic nitrogens is 1. The van der Waals surface area contributed by atoms with E-state index < -0.39 is 0 Å². The summed E-state index contributed by atoms with van der Waals surface area (Å²) in [4.78, 5) is 7.84. The number of thiazole rings is 1. The number of ether oxygens (including phenoxy) is 1. The van der Waals surface area contributed by atoms with Crippen molar-refractivity contribution >= 4 is 39.5 Å². The zero-order chi connectivity index (χ0) is 21.1. The first-order valence-electron chi connectivity index (χ1n) is 10.3. The van der Waals surface area contributed by atoms with Crippen molar-refractivity contribution in [1.29, 1.82) is 0 Å². The van der Waals surface area contributed by atoms with Gasteiger partial charge >= 0.3 is 0 Å². The van der Waals surface area contributed by atoms with E-state index in [1.54, 1.807) is 11.3 Å². The summed E-state index contributed by atoms with van der Waals surface area (Å²) >= 11 is 8.27. The Morgan fingerprint density at radius 1 is 1.28 bits per heavy atom. The minimum atomic E-state index is 0.467. The van der Waals surface area contributed by atoms with Gasteiger partial charge in [0, 0.05) is 13.1 Å². The Bertz CT molecular complexity index is 856. The molecule has 29 heavy (non-hydrogen) atoms. The van der Waals surface area contributed by atoms with E-state index in [-0.39, 0.29) is 0 Å². The molecular formula is C22H31ClN4OS. The number of hydrogen-bond acceptors (Lipinski definition) is 6. The molecule has 0 aliphatic carbocycles. The van der Waals surface area contributed by atoms with Crippen LogP contribution in [0.4, 0.5) is 5.13 Å². The molecule has 0 unspecified atom stereocenters. The smallest absolute Gasteiger partial charge is 0.187 e. The molecule has 3 rings (SSSR count). The molecule has 3 heterocycles. The first-order chi connectivity index (χ1) is 13.9. The van der Waals surface area contributed by atoms with Crippen LogP contribution < -0.4 is 4.90 Å². The molecule has 0 N–H and O–H groups in total. The average molecular weight is 435 g/mol. The van der Waals surface area contributed by atoms with E-state index in [1.807, 2.05) is 11.9 Å². The van der Waals surface area contributed by atoms with E-state index >= 15 is 0 Å². The number of rotatable bonds is 6. The van der Waals surface area contributed by atoms with Crippen LogP contribution in [0.5, 0.6) is 0 Å². The molecule has 1 fully saturated rings. The van der Waals surface area contributed by atoms with Crippen LogP contribution in [-0.4, -0.2) is 42.0 Å². The number of allylic oxidation sites excluding steroid dienone is 3. The van der Waals surface area contributed by atoms with Gasteiger partial charge in [0.15, 0.2) is 10.3 Å². The SMILES string of the molecule is C=C1C(C(CC)CC)=CC(C)=NN1C(=C(C)C)c1sc(N2CCOCC2)nc1Cl. The van der Waals surface area contributed by atoms with Crippen LogP contribution >= 0.6 is 22.9 Å². The van der Waals surface area contributed by atoms with Crippen LogP contribution in [0.15, 0.2) is 34.6 Å². The topological polar surface area (TPSA) is 41.0 Å². The van der Waals surface area contributed by atoms with Crippen molar-refractivity contribution in [3.05, 3.63) is 39.5 Å². The highest BCUT2D eigenvalue weighted by Gasteiger charge is 2.29. The van der Waals surface area contributed by atoms with Gasteiger partial charge in [-0.1, -0.05) is 43.4 Å². The van der Waals surface area contributed by atoms with Crippen LogP contribution in [0.2, 0.25) is 5.15 Å². The molecule has 0 spiro atoms. The third-order valence-electron chi connectivity index (χ3n) is 5.39. The van der Waals surface area contributed by atoms with Gasteiger partial charge in [0.05, 0.1) is 35.2 Å². The molecule has 0 amide bonds. The van der Waals surface area contributed by atoms with Crippen molar-refractivity contribution in [3.8, 4) is 0 Å². The molecule has 1 saturated heterocycles. The second-order valence-corrected chi connectivity index (χ2v) is 9.01. The Labute approximate surface area is 183 Å². The molecule has 0 aromatic carbocycles. The zero-order valence-electron chi connectivity index (χ0n) is 18.1. The Morgan fingerprint density at radius 3 is 2.52 bits per heavy atom. The highest BCUT2D eigenvalue weighted by Crippen LogP contribution is 2.42. The maximum atomic E-state index is 6.65. The van der Waals surface area contributed by atoms with Gasteiger partial charge in [0.1, 0.15) is 0 Å². The van der Waals surface area contributed by atoms with E-state index in [0.29, 0.717) is 11.1 Å². The van der Waals surface area contributed by atoms with E-state index in [2.05, 4.69) is 50.2 Å². The fourth-order valence-electron chi connectivity index (χ4n) is 3.81. The summed E-state index contributed by atoms with van der Waals surface area (Å²) < 4.78 is 5.47. The van der Waals surface area contributed by atoms with Crippen LogP contribution in [-0.2, 0) is 4.74 Å². The average Bonchev–Trinajstić information content (AvgIpc) is 3.08. The highest BCUT2D eigenvalue weighted by molar-refractivity contribution is 7.17. The molecule has 1 aromatic heterocycles. The lowest BCUT2D eigenvalue weighted by atomic mass is 9.89. The molecule has 5 nitrogen and oxygen atoms in total. The number of hydrogen-bond donors (Lipinski definition) is 0. The van der Waals surface area contributed by atoms with E-state index in [1.165, 1.54) is 5.57 Å². The molecule has 0 radical (unpaired) electrons. The minimum Gasteiger partial charge on any atom is -0.378 e. The Morgan fingerprint density at radius 2 is 1.93 bits per heavy atom. The van der Waals surface area contributed by atoms with E-state index in [9.17, 15) is 0 Å². The van der Waals surface area contributed by atoms with Crippen LogP contribution in [0.25, 0.3) is 5.70 Å². The highest BCUT2D eigenvalue weighted by atomic mass is 35.5. The molecule has 2 aliphatic heterocycles. The fraction of sp³-hybridized carbons (Fsp3) is 0.545. The predicted octanol–water partition coefficient (Wildman–Crippen LogP) is 5.95. The van der Waals surface area contributed by atoms with Gasteiger partial charge in [-0.3, -0.25) is 0 Å². The summed E-state index contributed by atoms with van der Waals surface area (Å²) in [6.45, 7) is 18.2. The van der Waals surface area contributed by atoms with Gasteiger partial charge in [-0.05, 0) is 56.8 Å². The molecule has 7 heteroatoms. The molecule has 158 valence electrons. The summed E-state index contributed by atoms with van der Waals surface area (Å²) in [5.41, 5.74) is 5.28. The number of anilines is 1. The third kappa shape index (κ3) is 4.60. The van der Waals surface area contributed by atoms with Crippen LogP contribution in [0, 0.1) is 5.92 Å². The number of nitrogens with zero attached hydrogens (tertiary/aromatic N) is 4. The summed E-state index contributed by atoms with van der Waals surface area (Å²) in [7, 11) is 0. The van der Waals surface area contributed by atoms with Crippen molar-refractivity contribution < 1.29 is 4.74 Å². The van der Waals surface area contributed by atoms with Gasteiger partial charge in [-0.2, -0.15) is 5.10 Å². The second kappa shape index (κ2) is 9.45. The summed E-state index contributed by atoms with van der Waals surface area (Å²) in [6.07, 6.45) is 4.33. The minimum absolute atomic E-state index is 0.467. The zero-order valence-corrected chi connectivity index (χ0v) is 19.7. The Balaban J connectivity index is 1.99. The van der Waals surface area contributed by atoms with Crippen LogP contribution in [0.3, 0.4) is 0 Å². The molecule has 2 aliphatic rings. The lowest BCUT2D eigenvalue weighted by Crippen LogP contribution is -2.36. The van der Waals surface area contributed by atoms with Gasteiger partial charge < -0.3 is 9.64 Å². The number of hydrazone groups is 1. The van der Waals surface area contributed by atoms with Crippen molar-refractivity contribution in [3.63, 3.8) is 0 Å². The van der Waals surface area contributed by atoms with Gasteiger partial charge in [-0.15, -0.1) is 0 Å². The van der Waals surface area contributed by atoms with E-state index in [4.69, 9.17) is 21.4 Å². The lowest BCUT2D eigenvalue weighted by Gasteiger charge is -2.32. The lowest BCUT2D eigenvalue weighted by molar-refractivity contribution is 0.122. The molecule has 1 aromatic rings. The first-order valence-corrected chi connectivity index (χ1v) is 11.5. The van der Waals surface area contributed by atoms with Crippen LogP contribution in [0.1, 0.15) is 52.3 Å². The Kier molecular flexibility index (Phi) is 7.19. The monoisotopic (exact) mass is 434 g/mol. The van der Waals surface area contributed by atoms with Gasteiger partial charge in [0.25, 0.3) is 0 Å². The summed E-state index contributed by atoms with van der Waals surface area (Å²) in [5.74, 6) is 0.467. The van der Waals surface area contributed by atoms with E-state index in [0.717, 1.165) is 71.8 Å². The molecule has 0 bridgehead atoms. The number of morpholine rings is 1. The molecule has 0 atom stereocenters. The summed E-state index contributed by atoms with van der Waals surface area (Å²) in [6, 6.07) is 0. The maximum Gasteiger partial charge on any atom is 0.187 e. The maximum absolute atomic E-state index is 6.65. The Hall–Kier alpha value is -1.63. The fourth-order valence-corrected chi connectivity index (χ4v) is 5.29. The van der Waals surface area contributed by atoms with Crippen molar-refractivity contribution in [2.24, 2.45) is 11.0 Å². The molecule has 0 saturated carbocycles. The first kappa shape index (κ1) is 22.1. The predicted molar refractivity (Wildman–Crippen MR) is 125 cm³/mol. The van der Waals surface area contributed by atoms with Crippen molar-refractivity contribution in [2.75, 3.05) is 31.2 Å². The van der Waals surface area contributed by atoms with Crippen molar-refractivity contribution in [1.82, 2.24) is 9.99 Å². The standard InChI is InChI=1S/C22H31ClN4OS/c1-7-17(8-2)18-13-15(5)25-27(16(18)6)19(14(3)4)20-21(23)24-22(29-20)26-9-11-28-12-10-26/h13,17H,6-12H2,1-5H3. The third-order valence-corrected chi connectivity index (χ3v) is 6.90. The summed E-state index contributed by atoms with van der Waals surface area (Å²) in [5, 5.41) is 8.26. The quantitative estimate of drug-likeness (QED) is 0.554.